The Labute approximate surface area is 159 Å². The molecule has 0 unspecified atom stereocenters. The molecule has 27 heavy (non-hydrogen) atoms. The lowest BCUT2D eigenvalue weighted by atomic mass is 10.2. The second-order valence-electron chi connectivity index (χ2n) is 5.43. The van der Waals surface area contributed by atoms with Crippen LogP contribution in [0.3, 0.4) is 0 Å². The standard InChI is InChI=1S/C19H17ClF3NO3/c1-3-8-27-19-12(20)9-11(10-15(19)26-2)4-7-16(25)24-14-6-5-13(21)17(22)18(14)23/h4-7,9-10H,3,8H2,1-2H3,(H,24,25)/b7-4+. The van der Waals surface area contributed by atoms with E-state index in [4.69, 9.17) is 21.1 Å². The smallest absolute Gasteiger partial charge is 0.248 e. The molecule has 0 fully saturated rings. The van der Waals surface area contributed by atoms with Crippen molar-refractivity contribution in [2.75, 3.05) is 19.0 Å². The molecule has 2 rings (SSSR count). The SMILES string of the molecule is CCCOc1c(Cl)cc(/C=C/C(=O)Nc2ccc(F)c(F)c2F)cc1OC. The molecule has 0 atom stereocenters. The Morgan fingerprint density at radius 3 is 2.63 bits per heavy atom. The van der Waals surface area contributed by atoms with Crippen LogP contribution in [-0.4, -0.2) is 19.6 Å². The Morgan fingerprint density at radius 2 is 1.96 bits per heavy atom. The van der Waals surface area contributed by atoms with E-state index in [1.807, 2.05) is 6.92 Å². The molecule has 2 aromatic rings. The van der Waals surface area contributed by atoms with Gasteiger partial charge in [-0.25, -0.2) is 13.2 Å². The Balaban J connectivity index is 2.16. The van der Waals surface area contributed by atoms with E-state index in [9.17, 15) is 18.0 Å². The molecule has 0 saturated heterocycles. The summed E-state index contributed by atoms with van der Waals surface area (Å²) < 4.78 is 50.4. The third-order valence-corrected chi connectivity index (χ3v) is 3.70. The molecule has 0 aromatic heterocycles. The van der Waals surface area contributed by atoms with Crippen LogP contribution in [0.4, 0.5) is 18.9 Å². The predicted molar refractivity (Wildman–Crippen MR) is 97.8 cm³/mol. The van der Waals surface area contributed by atoms with E-state index >= 15 is 0 Å². The van der Waals surface area contributed by atoms with Gasteiger partial charge in [-0.2, -0.15) is 0 Å². The zero-order valence-corrected chi connectivity index (χ0v) is 15.4. The largest absolute Gasteiger partial charge is 0.493 e. The van der Waals surface area contributed by atoms with Crippen molar-refractivity contribution in [1.29, 1.82) is 0 Å². The average Bonchev–Trinajstić information content (AvgIpc) is 2.65. The third-order valence-electron chi connectivity index (χ3n) is 3.42. The summed E-state index contributed by atoms with van der Waals surface area (Å²) in [6.07, 6.45) is 3.30. The molecular weight excluding hydrogens is 383 g/mol. The number of rotatable bonds is 7. The number of ether oxygens (including phenoxy) is 2. The summed E-state index contributed by atoms with van der Waals surface area (Å²) in [6, 6.07) is 4.83. The predicted octanol–water partition coefficient (Wildman–Crippen LogP) is 5.21. The number of hydrogen-bond acceptors (Lipinski definition) is 3. The van der Waals surface area contributed by atoms with Crippen molar-refractivity contribution in [1.82, 2.24) is 0 Å². The van der Waals surface area contributed by atoms with Gasteiger partial charge in [0.1, 0.15) is 0 Å². The minimum atomic E-state index is -1.66. The Hall–Kier alpha value is -2.67. The molecule has 1 amide bonds. The number of amides is 1. The van der Waals surface area contributed by atoms with Crippen molar-refractivity contribution in [2.45, 2.75) is 13.3 Å². The van der Waals surface area contributed by atoms with Gasteiger partial charge >= 0.3 is 0 Å². The monoisotopic (exact) mass is 399 g/mol. The number of carbonyl (C=O) groups is 1. The van der Waals surface area contributed by atoms with E-state index in [1.54, 1.807) is 12.1 Å². The van der Waals surface area contributed by atoms with Gasteiger partial charge in [-0.05, 0) is 42.3 Å². The highest BCUT2D eigenvalue weighted by Crippen LogP contribution is 2.36. The van der Waals surface area contributed by atoms with Crippen LogP contribution in [0.1, 0.15) is 18.9 Å². The molecule has 0 saturated carbocycles. The minimum absolute atomic E-state index is 0.300. The number of halogens is 4. The van der Waals surface area contributed by atoms with Crippen molar-refractivity contribution in [3.05, 3.63) is 58.4 Å². The second-order valence-corrected chi connectivity index (χ2v) is 5.84. The molecule has 0 aliphatic heterocycles. The molecule has 0 heterocycles. The van der Waals surface area contributed by atoms with Gasteiger partial charge in [-0.3, -0.25) is 4.79 Å². The maximum Gasteiger partial charge on any atom is 0.248 e. The number of nitrogens with one attached hydrogen (secondary N) is 1. The fourth-order valence-corrected chi connectivity index (χ4v) is 2.42. The van der Waals surface area contributed by atoms with Crippen LogP contribution in [-0.2, 0) is 4.79 Å². The van der Waals surface area contributed by atoms with Crippen molar-refractivity contribution in [2.24, 2.45) is 0 Å². The molecule has 1 N–H and O–H groups in total. The first kappa shape index (κ1) is 20.6. The maximum absolute atomic E-state index is 13.6. The van der Waals surface area contributed by atoms with Crippen LogP contribution in [0.25, 0.3) is 6.08 Å². The van der Waals surface area contributed by atoms with Crippen LogP contribution in [0.15, 0.2) is 30.3 Å². The van der Waals surface area contributed by atoms with Gasteiger partial charge in [0.05, 0.1) is 24.4 Å². The van der Waals surface area contributed by atoms with Crippen LogP contribution >= 0.6 is 11.6 Å². The van der Waals surface area contributed by atoms with Gasteiger partial charge in [-0.1, -0.05) is 18.5 Å². The van der Waals surface area contributed by atoms with Crippen molar-refractivity contribution in [3.63, 3.8) is 0 Å². The van der Waals surface area contributed by atoms with E-state index in [0.29, 0.717) is 28.7 Å². The van der Waals surface area contributed by atoms with E-state index in [2.05, 4.69) is 5.32 Å². The Kier molecular flexibility index (Phi) is 7.12. The van der Waals surface area contributed by atoms with Gasteiger partial charge < -0.3 is 14.8 Å². The normalized spacial score (nSPS) is 10.9. The fourth-order valence-electron chi connectivity index (χ4n) is 2.15. The molecule has 0 spiro atoms. The summed E-state index contributed by atoms with van der Waals surface area (Å²) in [6.45, 7) is 2.42. The van der Waals surface area contributed by atoms with E-state index in [0.717, 1.165) is 24.6 Å². The highest BCUT2D eigenvalue weighted by atomic mass is 35.5. The Morgan fingerprint density at radius 1 is 1.22 bits per heavy atom. The summed E-state index contributed by atoms with van der Waals surface area (Å²) in [4.78, 5) is 11.9. The highest BCUT2D eigenvalue weighted by Gasteiger charge is 2.15. The molecule has 0 aliphatic carbocycles. The van der Waals surface area contributed by atoms with Gasteiger partial charge in [0.15, 0.2) is 29.0 Å². The lowest BCUT2D eigenvalue weighted by Gasteiger charge is -2.12. The van der Waals surface area contributed by atoms with Crippen LogP contribution < -0.4 is 14.8 Å². The van der Waals surface area contributed by atoms with E-state index in [1.165, 1.54) is 13.2 Å². The van der Waals surface area contributed by atoms with Crippen molar-refractivity contribution >= 4 is 29.3 Å². The number of carbonyl (C=O) groups excluding carboxylic acids is 1. The van der Waals surface area contributed by atoms with Crippen molar-refractivity contribution < 1.29 is 27.4 Å². The highest BCUT2D eigenvalue weighted by molar-refractivity contribution is 6.32. The number of hydrogen-bond donors (Lipinski definition) is 1. The van der Waals surface area contributed by atoms with Crippen LogP contribution in [0.2, 0.25) is 5.02 Å². The third kappa shape index (κ3) is 5.17. The van der Waals surface area contributed by atoms with Crippen LogP contribution in [0, 0.1) is 17.5 Å². The summed E-state index contributed by atoms with van der Waals surface area (Å²) in [7, 11) is 1.45. The first-order valence-electron chi connectivity index (χ1n) is 8.00. The quantitative estimate of drug-likeness (QED) is 0.513. The zero-order chi connectivity index (χ0) is 20.0. The molecule has 2 aromatic carbocycles. The molecule has 0 radical (unpaired) electrons. The lowest BCUT2D eigenvalue weighted by Crippen LogP contribution is -2.10. The first-order valence-corrected chi connectivity index (χ1v) is 8.38. The molecule has 8 heteroatoms. The fraction of sp³-hybridized carbons (Fsp3) is 0.211. The first-order chi connectivity index (χ1) is 12.9. The molecule has 144 valence electrons. The summed E-state index contributed by atoms with van der Waals surface area (Å²) in [5.41, 5.74) is 0.0593. The van der Waals surface area contributed by atoms with Gasteiger partial charge in [0, 0.05) is 6.08 Å². The summed E-state index contributed by atoms with van der Waals surface area (Å²) in [5.74, 6) is -4.42. The van der Waals surface area contributed by atoms with E-state index < -0.39 is 29.0 Å². The topological polar surface area (TPSA) is 47.6 Å². The summed E-state index contributed by atoms with van der Waals surface area (Å²) >= 11 is 6.18. The van der Waals surface area contributed by atoms with Gasteiger partial charge in [0.25, 0.3) is 0 Å². The minimum Gasteiger partial charge on any atom is -0.493 e. The van der Waals surface area contributed by atoms with Crippen LogP contribution in [0.5, 0.6) is 11.5 Å². The molecular formula is C19H17ClF3NO3. The van der Waals surface area contributed by atoms with Crippen molar-refractivity contribution in [3.8, 4) is 11.5 Å². The van der Waals surface area contributed by atoms with Gasteiger partial charge in [0.2, 0.25) is 5.91 Å². The molecule has 0 aliphatic rings. The number of anilines is 1. The number of benzene rings is 2. The second kappa shape index (κ2) is 9.32. The molecule has 4 nitrogen and oxygen atoms in total. The number of methoxy groups -OCH3 is 1. The lowest BCUT2D eigenvalue weighted by molar-refractivity contribution is -0.111. The average molecular weight is 400 g/mol. The zero-order valence-electron chi connectivity index (χ0n) is 14.6. The van der Waals surface area contributed by atoms with E-state index in [-0.39, 0.29) is 0 Å². The maximum atomic E-state index is 13.6. The molecule has 0 bridgehead atoms. The summed E-state index contributed by atoms with van der Waals surface area (Å²) in [5, 5.41) is 2.44. The Bertz CT molecular complexity index is 872. The van der Waals surface area contributed by atoms with Gasteiger partial charge in [-0.15, -0.1) is 0 Å².